The number of nitrogens with zero attached hydrogens (tertiary/aromatic N) is 2. The number of nitrogens with one attached hydrogen (secondary N) is 1. The third kappa shape index (κ3) is 3.69. The fourth-order valence-corrected chi connectivity index (χ4v) is 3.68. The number of aliphatic hydroxyl groups is 1. The molecule has 6 nitrogen and oxygen atoms in total. The predicted octanol–water partition coefficient (Wildman–Crippen LogP) is 1.51. The summed E-state index contributed by atoms with van der Waals surface area (Å²) in [6.45, 7) is 2.70. The Labute approximate surface area is 127 Å². The van der Waals surface area contributed by atoms with Gasteiger partial charge in [0.25, 0.3) is 0 Å². The van der Waals surface area contributed by atoms with Gasteiger partial charge in [-0.3, -0.25) is 4.72 Å². The molecule has 20 heavy (non-hydrogen) atoms. The van der Waals surface area contributed by atoms with E-state index in [4.69, 9.17) is 0 Å². The average Bonchev–Trinajstić information content (AvgIpc) is 2.43. The van der Waals surface area contributed by atoms with Crippen molar-refractivity contribution in [1.29, 1.82) is 0 Å². The summed E-state index contributed by atoms with van der Waals surface area (Å²) in [6, 6.07) is 1.68. The zero-order valence-electron chi connectivity index (χ0n) is 11.2. The standard InChI is InChI=1S/C12H18BrN3O3S/c1-9-5-12(14-6-11(9)13)15-20(18,19)16-4-2-3-10(7-16)8-17/h5-6,10,17H,2-4,7-8H2,1H3,(H,14,15). The largest absolute Gasteiger partial charge is 0.396 e. The van der Waals surface area contributed by atoms with Crippen molar-refractivity contribution in [3.05, 3.63) is 22.3 Å². The van der Waals surface area contributed by atoms with Gasteiger partial charge in [0.2, 0.25) is 0 Å². The fraction of sp³-hybridized carbons (Fsp3) is 0.583. The molecule has 0 radical (unpaired) electrons. The van der Waals surface area contributed by atoms with E-state index < -0.39 is 10.2 Å². The molecule has 0 bridgehead atoms. The van der Waals surface area contributed by atoms with Crippen molar-refractivity contribution in [2.24, 2.45) is 5.92 Å². The number of aryl methyl sites for hydroxylation is 1. The lowest BCUT2D eigenvalue weighted by atomic mass is 10.0. The Hall–Kier alpha value is -0.700. The van der Waals surface area contributed by atoms with Crippen LogP contribution in [0.15, 0.2) is 16.7 Å². The zero-order chi connectivity index (χ0) is 14.8. The molecule has 1 unspecified atom stereocenters. The molecule has 0 amide bonds. The molecule has 0 spiro atoms. The van der Waals surface area contributed by atoms with E-state index in [1.807, 2.05) is 6.92 Å². The van der Waals surface area contributed by atoms with Crippen LogP contribution in [0.5, 0.6) is 0 Å². The first-order chi connectivity index (χ1) is 9.42. The smallest absolute Gasteiger partial charge is 0.302 e. The molecule has 1 aromatic rings. The Morgan fingerprint density at radius 1 is 1.60 bits per heavy atom. The average molecular weight is 364 g/mol. The molecule has 1 atom stereocenters. The van der Waals surface area contributed by atoms with Crippen molar-refractivity contribution in [2.75, 3.05) is 24.4 Å². The number of piperidine rings is 1. The van der Waals surface area contributed by atoms with Crippen molar-refractivity contribution in [3.63, 3.8) is 0 Å². The number of aliphatic hydroxyl groups excluding tert-OH is 1. The molecule has 2 heterocycles. The van der Waals surface area contributed by atoms with Crippen molar-refractivity contribution >= 4 is 32.0 Å². The molecular weight excluding hydrogens is 346 g/mol. The van der Waals surface area contributed by atoms with Crippen LogP contribution in [0.1, 0.15) is 18.4 Å². The van der Waals surface area contributed by atoms with Gasteiger partial charge in [-0.25, -0.2) is 4.98 Å². The van der Waals surface area contributed by atoms with Gasteiger partial charge < -0.3 is 5.11 Å². The lowest BCUT2D eigenvalue weighted by molar-refractivity contribution is 0.166. The lowest BCUT2D eigenvalue weighted by Crippen LogP contribution is -2.43. The predicted molar refractivity (Wildman–Crippen MR) is 80.6 cm³/mol. The van der Waals surface area contributed by atoms with Crippen LogP contribution in [0.3, 0.4) is 0 Å². The summed E-state index contributed by atoms with van der Waals surface area (Å²) in [4.78, 5) is 4.05. The van der Waals surface area contributed by atoms with Crippen LogP contribution >= 0.6 is 15.9 Å². The summed E-state index contributed by atoms with van der Waals surface area (Å²) in [5, 5.41) is 9.17. The maximum Gasteiger partial charge on any atom is 0.302 e. The normalized spacial score (nSPS) is 20.9. The van der Waals surface area contributed by atoms with Crippen LogP contribution in [-0.2, 0) is 10.2 Å². The molecule has 112 valence electrons. The van der Waals surface area contributed by atoms with Crippen molar-refractivity contribution in [2.45, 2.75) is 19.8 Å². The van der Waals surface area contributed by atoms with E-state index in [0.717, 1.165) is 22.9 Å². The third-order valence-corrected chi connectivity index (χ3v) is 5.67. The fourth-order valence-electron chi connectivity index (χ4n) is 2.19. The molecular formula is C12H18BrN3O3S. The monoisotopic (exact) mass is 363 g/mol. The lowest BCUT2D eigenvalue weighted by Gasteiger charge is -2.30. The first kappa shape index (κ1) is 15.7. The molecule has 1 aliphatic rings. The van der Waals surface area contributed by atoms with Gasteiger partial charge in [0.1, 0.15) is 5.82 Å². The molecule has 0 aromatic carbocycles. The first-order valence-corrected chi connectivity index (χ1v) is 8.66. The maximum atomic E-state index is 12.3. The number of hydrogen-bond donors (Lipinski definition) is 2. The highest BCUT2D eigenvalue weighted by atomic mass is 79.9. The van der Waals surface area contributed by atoms with Crippen LogP contribution in [0.4, 0.5) is 5.82 Å². The molecule has 1 fully saturated rings. The Kier molecular flexibility index (Phi) is 5.00. The van der Waals surface area contributed by atoms with Crippen LogP contribution in [0.25, 0.3) is 0 Å². The number of halogens is 1. The highest BCUT2D eigenvalue weighted by molar-refractivity contribution is 9.10. The Bertz CT molecular complexity index is 579. The second kappa shape index (κ2) is 6.38. The van der Waals surface area contributed by atoms with Gasteiger partial charge in [0, 0.05) is 30.4 Å². The van der Waals surface area contributed by atoms with Gasteiger partial charge in [0.15, 0.2) is 0 Å². The SMILES string of the molecule is Cc1cc(NS(=O)(=O)N2CCCC(CO)C2)ncc1Br. The minimum Gasteiger partial charge on any atom is -0.396 e. The number of rotatable bonds is 4. The molecule has 1 aromatic heterocycles. The van der Waals surface area contributed by atoms with E-state index in [9.17, 15) is 13.5 Å². The van der Waals surface area contributed by atoms with Gasteiger partial charge in [-0.05, 0) is 53.2 Å². The quantitative estimate of drug-likeness (QED) is 0.849. The van der Waals surface area contributed by atoms with Crippen LogP contribution < -0.4 is 4.72 Å². The van der Waals surface area contributed by atoms with Crippen LogP contribution in [-0.4, -0.2) is 42.5 Å². The molecule has 2 N–H and O–H groups in total. The Balaban J connectivity index is 2.12. The number of anilines is 1. The zero-order valence-corrected chi connectivity index (χ0v) is 13.6. The summed E-state index contributed by atoms with van der Waals surface area (Å²) in [6.07, 6.45) is 3.19. The minimum atomic E-state index is -3.61. The van der Waals surface area contributed by atoms with Crippen molar-refractivity contribution in [1.82, 2.24) is 9.29 Å². The first-order valence-electron chi connectivity index (χ1n) is 6.43. The van der Waals surface area contributed by atoms with E-state index in [2.05, 4.69) is 25.6 Å². The number of aromatic nitrogens is 1. The van der Waals surface area contributed by atoms with Gasteiger partial charge in [-0.15, -0.1) is 0 Å². The summed E-state index contributed by atoms with van der Waals surface area (Å²) < 4.78 is 29.3. The molecule has 2 rings (SSSR count). The van der Waals surface area contributed by atoms with Gasteiger partial charge in [0.05, 0.1) is 0 Å². The van der Waals surface area contributed by atoms with Crippen molar-refractivity contribution in [3.8, 4) is 0 Å². The van der Waals surface area contributed by atoms with Crippen molar-refractivity contribution < 1.29 is 13.5 Å². The Morgan fingerprint density at radius 2 is 2.35 bits per heavy atom. The van der Waals surface area contributed by atoms with E-state index in [1.165, 1.54) is 4.31 Å². The summed E-state index contributed by atoms with van der Waals surface area (Å²) in [5.41, 5.74) is 0.907. The highest BCUT2D eigenvalue weighted by Crippen LogP contribution is 2.21. The summed E-state index contributed by atoms with van der Waals surface area (Å²) in [7, 11) is -3.61. The van der Waals surface area contributed by atoms with E-state index in [-0.39, 0.29) is 12.5 Å². The van der Waals surface area contributed by atoms with E-state index in [1.54, 1.807) is 12.3 Å². The van der Waals surface area contributed by atoms with E-state index in [0.29, 0.717) is 18.9 Å². The van der Waals surface area contributed by atoms with E-state index >= 15 is 0 Å². The van der Waals surface area contributed by atoms with Gasteiger partial charge in [-0.2, -0.15) is 12.7 Å². The Morgan fingerprint density at radius 3 is 3.00 bits per heavy atom. The molecule has 1 aliphatic heterocycles. The molecule has 8 heteroatoms. The highest BCUT2D eigenvalue weighted by Gasteiger charge is 2.28. The minimum absolute atomic E-state index is 0.0138. The second-order valence-corrected chi connectivity index (χ2v) is 7.50. The summed E-state index contributed by atoms with van der Waals surface area (Å²) in [5.74, 6) is 0.316. The second-order valence-electron chi connectivity index (χ2n) is 4.97. The summed E-state index contributed by atoms with van der Waals surface area (Å²) >= 11 is 3.32. The third-order valence-electron chi connectivity index (χ3n) is 3.36. The van der Waals surface area contributed by atoms with Gasteiger partial charge >= 0.3 is 10.2 Å². The van der Waals surface area contributed by atoms with Crippen LogP contribution in [0, 0.1) is 12.8 Å². The molecule has 0 aliphatic carbocycles. The number of hydrogen-bond acceptors (Lipinski definition) is 4. The number of pyridine rings is 1. The molecule has 0 saturated carbocycles. The van der Waals surface area contributed by atoms with Crippen LogP contribution in [0.2, 0.25) is 0 Å². The van der Waals surface area contributed by atoms with Gasteiger partial charge in [-0.1, -0.05) is 0 Å². The topological polar surface area (TPSA) is 82.5 Å². The molecule has 1 saturated heterocycles. The maximum absolute atomic E-state index is 12.3.